The van der Waals surface area contributed by atoms with Crippen molar-refractivity contribution in [2.45, 2.75) is 58.4 Å². The monoisotopic (exact) mass is 242 g/mol. The first-order chi connectivity index (χ1) is 8.21. The highest BCUT2D eigenvalue weighted by molar-refractivity contribution is 4.85. The van der Waals surface area contributed by atoms with Gasteiger partial charge < -0.3 is 10.8 Å². The summed E-state index contributed by atoms with van der Waals surface area (Å²) in [6.07, 6.45) is 7.24. The van der Waals surface area contributed by atoms with Crippen LogP contribution >= 0.6 is 0 Å². The molecule has 1 aliphatic heterocycles. The van der Waals surface area contributed by atoms with Crippen LogP contribution in [0.2, 0.25) is 0 Å². The Bertz CT molecular complexity index is 196. The summed E-state index contributed by atoms with van der Waals surface area (Å²) in [5.74, 6) is 0. The summed E-state index contributed by atoms with van der Waals surface area (Å²) < 4.78 is 0. The zero-order chi connectivity index (χ0) is 12.7. The summed E-state index contributed by atoms with van der Waals surface area (Å²) in [6, 6.07) is 0.363. The van der Waals surface area contributed by atoms with Gasteiger partial charge >= 0.3 is 0 Å². The summed E-state index contributed by atoms with van der Waals surface area (Å²) in [7, 11) is 0. The predicted molar refractivity (Wildman–Crippen MR) is 73.0 cm³/mol. The molecule has 0 saturated carbocycles. The summed E-state index contributed by atoms with van der Waals surface area (Å²) >= 11 is 0. The molecule has 0 aromatic rings. The van der Waals surface area contributed by atoms with Gasteiger partial charge in [0.1, 0.15) is 0 Å². The first-order valence-electron chi connectivity index (χ1n) is 7.26. The van der Waals surface area contributed by atoms with Crippen LogP contribution < -0.4 is 5.73 Å². The van der Waals surface area contributed by atoms with Crippen LogP contribution in [0.4, 0.5) is 0 Å². The lowest BCUT2D eigenvalue weighted by atomic mass is 9.81. The fourth-order valence-corrected chi connectivity index (χ4v) is 2.91. The molecule has 0 amide bonds. The van der Waals surface area contributed by atoms with E-state index in [9.17, 15) is 5.11 Å². The van der Waals surface area contributed by atoms with Gasteiger partial charge in [0.05, 0.1) is 6.61 Å². The van der Waals surface area contributed by atoms with Crippen LogP contribution in [-0.2, 0) is 0 Å². The Balaban J connectivity index is 2.67. The van der Waals surface area contributed by atoms with Gasteiger partial charge in [0.2, 0.25) is 0 Å². The van der Waals surface area contributed by atoms with Gasteiger partial charge in [-0.05, 0) is 44.2 Å². The lowest BCUT2D eigenvalue weighted by Crippen LogP contribution is -2.47. The van der Waals surface area contributed by atoms with Crippen LogP contribution in [0.1, 0.15) is 52.4 Å². The third-order valence-electron chi connectivity index (χ3n) is 4.68. The van der Waals surface area contributed by atoms with E-state index in [0.29, 0.717) is 12.6 Å². The van der Waals surface area contributed by atoms with Gasteiger partial charge in [-0.3, -0.25) is 4.90 Å². The van der Waals surface area contributed by atoms with Crippen molar-refractivity contribution in [2.24, 2.45) is 11.1 Å². The summed E-state index contributed by atoms with van der Waals surface area (Å²) in [6.45, 7) is 7.72. The van der Waals surface area contributed by atoms with Crippen LogP contribution in [0.15, 0.2) is 0 Å². The van der Waals surface area contributed by atoms with Crippen LogP contribution in [0.25, 0.3) is 0 Å². The molecule has 1 heterocycles. The third kappa shape index (κ3) is 3.94. The predicted octanol–water partition coefficient (Wildman–Crippen LogP) is 1.99. The fraction of sp³-hybridized carbons (Fsp3) is 1.00. The summed E-state index contributed by atoms with van der Waals surface area (Å²) in [5, 5.41) is 9.53. The van der Waals surface area contributed by atoms with Gasteiger partial charge in [0.25, 0.3) is 0 Å². The number of aliphatic hydroxyl groups excluding tert-OH is 1. The zero-order valence-electron chi connectivity index (χ0n) is 11.6. The van der Waals surface area contributed by atoms with Gasteiger partial charge in [0.15, 0.2) is 0 Å². The van der Waals surface area contributed by atoms with Crippen molar-refractivity contribution in [3.8, 4) is 0 Å². The van der Waals surface area contributed by atoms with Crippen LogP contribution in [-0.4, -0.2) is 42.3 Å². The Morgan fingerprint density at radius 3 is 2.47 bits per heavy atom. The fourth-order valence-electron chi connectivity index (χ4n) is 2.91. The summed E-state index contributed by atoms with van der Waals surface area (Å²) in [4.78, 5) is 2.49. The average molecular weight is 242 g/mol. The van der Waals surface area contributed by atoms with E-state index in [4.69, 9.17) is 5.73 Å². The van der Waals surface area contributed by atoms with Crippen molar-refractivity contribution in [3.63, 3.8) is 0 Å². The van der Waals surface area contributed by atoms with E-state index in [-0.39, 0.29) is 5.41 Å². The minimum absolute atomic E-state index is 0.248. The lowest BCUT2D eigenvalue weighted by molar-refractivity contribution is 0.0722. The number of nitrogens with two attached hydrogens (primary N) is 1. The molecule has 0 aromatic heterocycles. The van der Waals surface area contributed by atoms with Gasteiger partial charge in [-0.2, -0.15) is 0 Å². The normalized spacial score (nSPS) is 23.6. The quantitative estimate of drug-likeness (QED) is 0.749. The van der Waals surface area contributed by atoms with Crippen LogP contribution in [0.5, 0.6) is 0 Å². The number of nitrogens with zero attached hydrogens (tertiary/aromatic N) is 1. The maximum atomic E-state index is 9.53. The second-order valence-corrected chi connectivity index (χ2v) is 5.57. The average Bonchev–Trinajstić information content (AvgIpc) is 2.61. The standard InChI is InChI=1S/C14H30N2O/c1-3-14(4-2,11-15)12-16-9-7-5-6-8-13(16)10-17/h13,17H,3-12,15H2,1-2H3. The summed E-state index contributed by atoms with van der Waals surface area (Å²) in [5.41, 5.74) is 6.23. The van der Waals surface area contributed by atoms with Crippen molar-refractivity contribution in [1.82, 2.24) is 4.90 Å². The first kappa shape index (κ1) is 14.9. The number of aliphatic hydroxyl groups is 1. The SMILES string of the molecule is CCC(CC)(CN)CN1CCCCCC1CO. The van der Waals surface area contributed by atoms with Gasteiger partial charge in [-0.1, -0.05) is 26.7 Å². The van der Waals surface area contributed by atoms with Crippen molar-refractivity contribution in [2.75, 3.05) is 26.2 Å². The molecule has 1 aliphatic rings. The maximum absolute atomic E-state index is 9.53. The molecular weight excluding hydrogens is 212 g/mol. The highest BCUT2D eigenvalue weighted by Crippen LogP contribution is 2.29. The van der Waals surface area contributed by atoms with E-state index in [0.717, 1.165) is 38.9 Å². The molecule has 102 valence electrons. The molecule has 0 aromatic carbocycles. The highest BCUT2D eigenvalue weighted by atomic mass is 16.3. The van der Waals surface area contributed by atoms with Gasteiger partial charge in [-0.15, -0.1) is 0 Å². The minimum atomic E-state index is 0.248. The second-order valence-electron chi connectivity index (χ2n) is 5.57. The number of hydrogen-bond donors (Lipinski definition) is 2. The Morgan fingerprint density at radius 1 is 1.24 bits per heavy atom. The molecule has 1 rings (SSSR count). The van der Waals surface area contributed by atoms with E-state index in [1.54, 1.807) is 0 Å². The van der Waals surface area contributed by atoms with E-state index >= 15 is 0 Å². The third-order valence-corrected chi connectivity index (χ3v) is 4.68. The Hall–Kier alpha value is -0.120. The molecule has 17 heavy (non-hydrogen) atoms. The first-order valence-corrected chi connectivity index (χ1v) is 7.26. The molecule has 3 N–H and O–H groups in total. The molecule has 0 spiro atoms. The molecule has 0 aliphatic carbocycles. The molecule has 0 radical (unpaired) electrons. The van der Waals surface area contributed by atoms with E-state index < -0.39 is 0 Å². The van der Waals surface area contributed by atoms with Crippen LogP contribution in [0.3, 0.4) is 0 Å². The minimum Gasteiger partial charge on any atom is -0.395 e. The molecule has 3 nitrogen and oxygen atoms in total. The molecule has 3 heteroatoms. The smallest absolute Gasteiger partial charge is 0.0586 e. The number of hydrogen-bond acceptors (Lipinski definition) is 3. The Morgan fingerprint density at radius 2 is 1.94 bits per heavy atom. The van der Waals surface area contributed by atoms with Crippen LogP contribution in [0, 0.1) is 5.41 Å². The van der Waals surface area contributed by atoms with Crippen molar-refractivity contribution in [3.05, 3.63) is 0 Å². The van der Waals surface area contributed by atoms with E-state index in [1.807, 2.05) is 0 Å². The molecule has 0 bridgehead atoms. The highest BCUT2D eigenvalue weighted by Gasteiger charge is 2.30. The second kappa shape index (κ2) is 7.34. The number of rotatable bonds is 6. The van der Waals surface area contributed by atoms with Gasteiger partial charge in [-0.25, -0.2) is 0 Å². The maximum Gasteiger partial charge on any atom is 0.0586 e. The topological polar surface area (TPSA) is 49.5 Å². The molecule has 1 saturated heterocycles. The lowest BCUT2D eigenvalue weighted by Gasteiger charge is -2.39. The number of likely N-dealkylation sites (tertiary alicyclic amines) is 1. The molecular formula is C14H30N2O. The molecule has 1 unspecified atom stereocenters. The van der Waals surface area contributed by atoms with E-state index in [1.165, 1.54) is 19.3 Å². The van der Waals surface area contributed by atoms with Crippen molar-refractivity contribution in [1.29, 1.82) is 0 Å². The Labute approximate surface area is 106 Å². The molecule has 1 fully saturated rings. The zero-order valence-corrected chi connectivity index (χ0v) is 11.6. The van der Waals surface area contributed by atoms with E-state index in [2.05, 4.69) is 18.7 Å². The van der Waals surface area contributed by atoms with Crippen molar-refractivity contribution >= 4 is 0 Å². The van der Waals surface area contributed by atoms with Gasteiger partial charge in [0, 0.05) is 12.6 Å². The largest absolute Gasteiger partial charge is 0.395 e. The Kier molecular flexibility index (Phi) is 6.45. The van der Waals surface area contributed by atoms with Crippen molar-refractivity contribution < 1.29 is 5.11 Å². The molecule has 1 atom stereocenters.